The first-order valence-electron chi connectivity index (χ1n) is 9.73. The molecule has 1 atom stereocenters. The monoisotopic (exact) mass is 362 g/mol. The fourth-order valence-electron chi connectivity index (χ4n) is 4.88. The van der Waals surface area contributed by atoms with E-state index in [4.69, 9.17) is 9.73 Å². The first kappa shape index (κ1) is 17.8. The third-order valence-corrected chi connectivity index (χ3v) is 6.16. The molecule has 1 spiro atoms. The number of methoxy groups -OCH3 is 1. The van der Waals surface area contributed by atoms with E-state index in [1.807, 2.05) is 42.7 Å². The van der Waals surface area contributed by atoms with Crippen molar-refractivity contribution in [2.24, 2.45) is 4.99 Å². The predicted octanol–water partition coefficient (Wildman–Crippen LogP) is 4.30. The third-order valence-electron chi connectivity index (χ3n) is 6.16. The van der Waals surface area contributed by atoms with Crippen molar-refractivity contribution in [1.29, 1.82) is 0 Å². The number of rotatable bonds is 4. The quantitative estimate of drug-likeness (QED) is 0.762. The van der Waals surface area contributed by atoms with Crippen LogP contribution in [0.3, 0.4) is 0 Å². The summed E-state index contributed by atoms with van der Waals surface area (Å²) >= 11 is 0. The summed E-state index contributed by atoms with van der Waals surface area (Å²) in [7, 11) is 1.47. The van der Waals surface area contributed by atoms with Gasteiger partial charge in [-0.1, -0.05) is 79.9 Å². The fourth-order valence-corrected chi connectivity index (χ4v) is 4.88. The van der Waals surface area contributed by atoms with Crippen molar-refractivity contribution in [2.45, 2.75) is 49.7 Å². The SMILES string of the molecule is COC(=O)C1(c2ccccc2)N=CN(Cc2ccccc2)C12CCCCC2. The molecule has 2 aromatic carbocycles. The molecule has 1 saturated carbocycles. The Kier molecular flexibility index (Phi) is 4.73. The van der Waals surface area contributed by atoms with E-state index in [2.05, 4.69) is 29.2 Å². The Labute approximate surface area is 160 Å². The molecule has 1 unspecified atom stereocenters. The molecule has 2 aromatic rings. The first-order valence-corrected chi connectivity index (χ1v) is 9.73. The Hall–Kier alpha value is -2.62. The maximum atomic E-state index is 13.2. The number of benzene rings is 2. The van der Waals surface area contributed by atoms with Gasteiger partial charge in [0.15, 0.2) is 0 Å². The number of aliphatic imine (C=N–C) groups is 1. The van der Waals surface area contributed by atoms with E-state index < -0.39 is 5.54 Å². The minimum absolute atomic E-state index is 0.262. The van der Waals surface area contributed by atoms with E-state index in [0.29, 0.717) is 0 Å². The molecule has 0 radical (unpaired) electrons. The Balaban J connectivity index is 1.83. The maximum Gasteiger partial charge on any atom is 0.340 e. The molecule has 0 amide bonds. The number of esters is 1. The molecule has 4 nitrogen and oxygen atoms in total. The Morgan fingerprint density at radius 2 is 1.63 bits per heavy atom. The Bertz CT molecular complexity index is 813. The topological polar surface area (TPSA) is 41.9 Å². The van der Waals surface area contributed by atoms with Gasteiger partial charge in [0, 0.05) is 6.54 Å². The average Bonchev–Trinajstić information content (AvgIpc) is 3.03. The van der Waals surface area contributed by atoms with Gasteiger partial charge in [-0.05, 0) is 24.0 Å². The molecular formula is C23H26N2O2. The van der Waals surface area contributed by atoms with E-state index in [0.717, 1.165) is 37.8 Å². The van der Waals surface area contributed by atoms with Crippen LogP contribution in [0.5, 0.6) is 0 Å². The fraction of sp³-hybridized carbons (Fsp3) is 0.391. The highest BCUT2D eigenvalue weighted by molar-refractivity contribution is 5.89. The van der Waals surface area contributed by atoms with Crippen LogP contribution in [0.15, 0.2) is 65.7 Å². The van der Waals surface area contributed by atoms with Gasteiger partial charge < -0.3 is 9.64 Å². The molecule has 27 heavy (non-hydrogen) atoms. The Morgan fingerprint density at radius 3 is 2.26 bits per heavy atom. The molecular weight excluding hydrogens is 336 g/mol. The normalized spacial score (nSPS) is 23.5. The molecule has 0 aromatic heterocycles. The molecule has 0 N–H and O–H groups in total. The lowest BCUT2D eigenvalue weighted by Gasteiger charge is -2.50. The number of ether oxygens (including phenoxy) is 1. The van der Waals surface area contributed by atoms with E-state index in [1.54, 1.807) is 0 Å². The highest BCUT2D eigenvalue weighted by Crippen LogP contribution is 2.53. The van der Waals surface area contributed by atoms with Crippen molar-refractivity contribution >= 4 is 12.3 Å². The van der Waals surface area contributed by atoms with Gasteiger partial charge >= 0.3 is 5.97 Å². The van der Waals surface area contributed by atoms with Gasteiger partial charge in [0.05, 0.1) is 19.0 Å². The highest BCUT2D eigenvalue weighted by atomic mass is 16.5. The molecule has 4 rings (SSSR count). The lowest BCUT2D eigenvalue weighted by molar-refractivity contribution is -0.153. The summed E-state index contributed by atoms with van der Waals surface area (Å²) in [6.45, 7) is 0.746. The minimum Gasteiger partial charge on any atom is -0.467 e. The van der Waals surface area contributed by atoms with Gasteiger partial charge in [-0.2, -0.15) is 0 Å². The molecule has 2 aliphatic rings. The largest absolute Gasteiger partial charge is 0.467 e. The van der Waals surface area contributed by atoms with Crippen LogP contribution in [0.25, 0.3) is 0 Å². The van der Waals surface area contributed by atoms with Crippen molar-refractivity contribution in [1.82, 2.24) is 4.90 Å². The van der Waals surface area contributed by atoms with Crippen LogP contribution in [0.4, 0.5) is 0 Å². The molecule has 140 valence electrons. The molecule has 0 saturated heterocycles. The molecule has 1 heterocycles. The predicted molar refractivity (Wildman–Crippen MR) is 106 cm³/mol. The van der Waals surface area contributed by atoms with Crippen LogP contribution in [0, 0.1) is 0 Å². The van der Waals surface area contributed by atoms with Crippen molar-refractivity contribution in [3.05, 3.63) is 71.8 Å². The number of hydrogen-bond acceptors (Lipinski definition) is 4. The van der Waals surface area contributed by atoms with E-state index >= 15 is 0 Å². The number of nitrogens with zero attached hydrogens (tertiary/aromatic N) is 2. The summed E-state index contributed by atoms with van der Waals surface area (Å²) in [4.78, 5) is 20.4. The van der Waals surface area contributed by atoms with Gasteiger partial charge in [0.25, 0.3) is 0 Å². The van der Waals surface area contributed by atoms with Crippen LogP contribution in [0.2, 0.25) is 0 Å². The number of carbonyl (C=O) groups excluding carboxylic acids is 1. The zero-order chi connectivity index (χ0) is 18.7. The summed E-state index contributed by atoms with van der Waals surface area (Å²) in [5, 5.41) is 0. The van der Waals surface area contributed by atoms with E-state index in [9.17, 15) is 4.79 Å². The summed E-state index contributed by atoms with van der Waals surface area (Å²) in [5.41, 5.74) is 0.765. The van der Waals surface area contributed by atoms with Crippen molar-refractivity contribution in [2.75, 3.05) is 7.11 Å². The zero-order valence-electron chi connectivity index (χ0n) is 15.8. The lowest BCUT2D eigenvalue weighted by atomic mass is 9.65. The molecule has 1 aliphatic carbocycles. The summed E-state index contributed by atoms with van der Waals surface area (Å²) in [5.74, 6) is -0.262. The smallest absolute Gasteiger partial charge is 0.340 e. The second kappa shape index (κ2) is 7.18. The van der Waals surface area contributed by atoms with Gasteiger partial charge in [-0.25, -0.2) is 9.79 Å². The van der Waals surface area contributed by atoms with E-state index in [-0.39, 0.29) is 11.5 Å². The summed E-state index contributed by atoms with van der Waals surface area (Å²) in [6, 6.07) is 20.4. The van der Waals surface area contributed by atoms with Crippen LogP contribution in [-0.2, 0) is 21.6 Å². The van der Waals surface area contributed by atoms with Crippen LogP contribution >= 0.6 is 0 Å². The lowest BCUT2D eigenvalue weighted by Crippen LogP contribution is -2.61. The van der Waals surface area contributed by atoms with Crippen LogP contribution < -0.4 is 0 Å². The molecule has 1 aliphatic heterocycles. The summed E-state index contributed by atoms with van der Waals surface area (Å²) in [6.07, 6.45) is 7.16. The van der Waals surface area contributed by atoms with Crippen LogP contribution in [0.1, 0.15) is 43.2 Å². The zero-order valence-corrected chi connectivity index (χ0v) is 15.8. The van der Waals surface area contributed by atoms with E-state index in [1.165, 1.54) is 19.1 Å². The van der Waals surface area contributed by atoms with Crippen LogP contribution in [-0.4, -0.2) is 29.9 Å². The standard InChI is InChI=1S/C23H26N2O2/c1-27-21(26)23(20-13-7-3-8-14-20)22(15-9-4-10-16-22)25(18-24-23)17-19-11-5-2-6-12-19/h2-3,5-8,11-14,18H,4,9-10,15-17H2,1H3. The van der Waals surface area contributed by atoms with Crippen molar-refractivity contribution in [3.8, 4) is 0 Å². The first-order chi connectivity index (χ1) is 13.2. The maximum absolute atomic E-state index is 13.2. The molecule has 1 fully saturated rings. The highest BCUT2D eigenvalue weighted by Gasteiger charge is 2.64. The number of hydrogen-bond donors (Lipinski definition) is 0. The third kappa shape index (κ3) is 2.75. The minimum atomic E-state index is -1.00. The Morgan fingerprint density at radius 1 is 1.00 bits per heavy atom. The number of carbonyl (C=O) groups is 1. The van der Waals surface area contributed by atoms with Crippen molar-refractivity contribution < 1.29 is 9.53 Å². The second-order valence-electron chi connectivity index (χ2n) is 7.52. The second-order valence-corrected chi connectivity index (χ2v) is 7.52. The van der Waals surface area contributed by atoms with Gasteiger partial charge in [0.1, 0.15) is 0 Å². The van der Waals surface area contributed by atoms with Gasteiger partial charge in [-0.15, -0.1) is 0 Å². The molecule has 0 bridgehead atoms. The summed E-state index contributed by atoms with van der Waals surface area (Å²) < 4.78 is 5.34. The average molecular weight is 362 g/mol. The van der Waals surface area contributed by atoms with Gasteiger partial charge in [-0.3, -0.25) is 0 Å². The molecule has 4 heteroatoms. The van der Waals surface area contributed by atoms with Gasteiger partial charge in [0.2, 0.25) is 5.54 Å². The van der Waals surface area contributed by atoms with Crippen molar-refractivity contribution in [3.63, 3.8) is 0 Å².